The topological polar surface area (TPSA) is 43.3 Å². The van der Waals surface area contributed by atoms with E-state index in [1.807, 2.05) is 13.2 Å². The molecule has 1 amide bonds. The van der Waals surface area contributed by atoms with E-state index < -0.39 is 0 Å². The van der Waals surface area contributed by atoms with E-state index in [0.717, 1.165) is 17.5 Å². The minimum atomic E-state index is -0.0735. The van der Waals surface area contributed by atoms with Crippen LogP contribution < -0.4 is 5.32 Å². The van der Waals surface area contributed by atoms with Gasteiger partial charge >= 0.3 is 0 Å². The summed E-state index contributed by atoms with van der Waals surface area (Å²) in [5, 5.41) is 2.84. The van der Waals surface area contributed by atoms with Gasteiger partial charge in [0.25, 0.3) is 5.91 Å². The second-order valence-electron chi connectivity index (χ2n) is 4.71. The van der Waals surface area contributed by atoms with Gasteiger partial charge in [-0.15, -0.1) is 0 Å². The summed E-state index contributed by atoms with van der Waals surface area (Å²) >= 11 is 3.34. The van der Waals surface area contributed by atoms with Gasteiger partial charge in [0.2, 0.25) is 0 Å². The van der Waals surface area contributed by atoms with Crippen LogP contribution in [0, 0.1) is 5.92 Å². The number of carbonyl (C=O) groups is 1. The van der Waals surface area contributed by atoms with E-state index in [1.165, 1.54) is 0 Å². The minimum absolute atomic E-state index is 0.0735. The van der Waals surface area contributed by atoms with Crippen LogP contribution in [0.2, 0.25) is 0 Å². The first-order valence-corrected chi connectivity index (χ1v) is 6.98. The van der Waals surface area contributed by atoms with Gasteiger partial charge in [-0.2, -0.15) is 0 Å². The molecule has 0 fully saturated rings. The van der Waals surface area contributed by atoms with Crippen molar-refractivity contribution in [2.24, 2.45) is 13.0 Å². The highest BCUT2D eigenvalue weighted by Gasteiger charge is 2.09. The standard InChI is InChI=1S/C13H21BrN2O2/c1-10(2)4-6-18-7-5-15-13(17)12-8-11(14)9-16(12)3/h8-10H,4-7H2,1-3H3,(H,15,17). The molecule has 0 saturated carbocycles. The van der Waals surface area contributed by atoms with E-state index in [1.54, 1.807) is 10.6 Å². The molecule has 1 aromatic rings. The van der Waals surface area contributed by atoms with Crippen molar-refractivity contribution in [2.45, 2.75) is 20.3 Å². The largest absolute Gasteiger partial charge is 0.380 e. The van der Waals surface area contributed by atoms with Crippen molar-refractivity contribution in [3.05, 3.63) is 22.4 Å². The van der Waals surface area contributed by atoms with Gasteiger partial charge in [0.1, 0.15) is 5.69 Å². The van der Waals surface area contributed by atoms with E-state index in [-0.39, 0.29) is 5.91 Å². The number of nitrogens with zero attached hydrogens (tertiary/aromatic N) is 1. The van der Waals surface area contributed by atoms with Crippen LogP contribution in [0.5, 0.6) is 0 Å². The fraction of sp³-hybridized carbons (Fsp3) is 0.615. The summed E-state index contributed by atoms with van der Waals surface area (Å²) in [5.74, 6) is 0.580. The Balaban J connectivity index is 2.20. The van der Waals surface area contributed by atoms with E-state index in [9.17, 15) is 4.79 Å². The third kappa shape index (κ3) is 5.23. The Labute approximate surface area is 117 Å². The van der Waals surface area contributed by atoms with Gasteiger partial charge in [0.05, 0.1) is 6.61 Å². The second-order valence-corrected chi connectivity index (χ2v) is 5.62. The highest BCUT2D eigenvalue weighted by Crippen LogP contribution is 2.13. The molecule has 1 heterocycles. The van der Waals surface area contributed by atoms with E-state index >= 15 is 0 Å². The van der Waals surface area contributed by atoms with Crippen LogP contribution in [0.1, 0.15) is 30.8 Å². The zero-order valence-electron chi connectivity index (χ0n) is 11.2. The zero-order valence-corrected chi connectivity index (χ0v) is 12.8. The SMILES string of the molecule is CC(C)CCOCCNC(=O)c1cc(Br)cn1C. The van der Waals surface area contributed by atoms with Gasteiger partial charge in [-0.25, -0.2) is 0 Å². The number of rotatable bonds is 7. The predicted octanol–water partition coefficient (Wildman–Crippen LogP) is 2.58. The summed E-state index contributed by atoms with van der Waals surface area (Å²) < 4.78 is 8.13. The molecule has 1 rings (SSSR count). The zero-order chi connectivity index (χ0) is 13.5. The highest BCUT2D eigenvalue weighted by molar-refractivity contribution is 9.10. The number of carbonyl (C=O) groups excluding carboxylic acids is 1. The van der Waals surface area contributed by atoms with Crippen molar-refractivity contribution in [3.8, 4) is 0 Å². The monoisotopic (exact) mass is 316 g/mol. The molecule has 18 heavy (non-hydrogen) atoms. The molecule has 0 atom stereocenters. The summed E-state index contributed by atoms with van der Waals surface area (Å²) in [6.07, 6.45) is 2.91. The van der Waals surface area contributed by atoms with Gasteiger partial charge in [0.15, 0.2) is 0 Å². The summed E-state index contributed by atoms with van der Waals surface area (Å²) in [5.41, 5.74) is 0.643. The Kier molecular flexibility index (Phi) is 6.43. The van der Waals surface area contributed by atoms with Crippen molar-refractivity contribution in [1.82, 2.24) is 9.88 Å². The van der Waals surface area contributed by atoms with Crippen molar-refractivity contribution >= 4 is 21.8 Å². The predicted molar refractivity (Wildman–Crippen MR) is 75.7 cm³/mol. The third-order valence-corrected chi connectivity index (χ3v) is 3.01. The third-order valence-electron chi connectivity index (χ3n) is 2.58. The van der Waals surface area contributed by atoms with E-state index in [0.29, 0.717) is 24.8 Å². The van der Waals surface area contributed by atoms with Crippen molar-refractivity contribution in [3.63, 3.8) is 0 Å². The normalized spacial score (nSPS) is 10.9. The molecule has 4 nitrogen and oxygen atoms in total. The molecule has 0 saturated heterocycles. The Morgan fingerprint density at radius 3 is 2.78 bits per heavy atom. The average Bonchev–Trinajstić information content (AvgIpc) is 2.62. The molecule has 0 aromatic carbocycles. The number of halogens is 1. The number of amides is 1. The Hall–Kier alpha value is -0.810. The second kappa shape index (κ2) is 7.59. The number of nitrogens with one attached hydrogen (secondary N) is 1. The van der Waals surface area contributed by atoms with Crippen LogP contribution >= 0.6 is 15.9 Å². The fourth-order valence-electron chi connectivity index (χ4n) is 1.50. The van der Waals surface area contributed by atoms with Crippen LogP contribution in [0.15, 0.2) is 16.7 Å². The first kappa shape index (κ1) is 15.2. The molecule has 102 valence electrons. The van der Waals surface area contributed by atoms with E-state index in [2.05, 4.69) is 35.1 Å². The van der Waals surface area contributed by atoms with Gasteiger partial charge in [-0.05, 0) is 34.3 Å². The average molecular weight is 317 g/mol. The molecular weight excluding hydrogens is 296 g/mol. The summed E-state index contributed by atoms with van der Waals surface area (Å²) in [7, 11) is 1.85. The maximum absolute atomic E-state index is 11.8. The highest BCUT2D eigenvalue weighted by atomic mass is 79.9. The molecule has 0 bridgehead atoms. The molecule has 1 aromatic heterocycles. The van der Waals surface area contributed by atoms with Crippen LogP contribution in [-0.4, -0.2) is 30.2 Å². The van der Waals surface area contributed by atoms with Gasteiger partial charge in [-0.3, -0.25) is 4.79 Å². The maximum atomic E-state index is 11.8. The first-order valence-electron chi connectivity index (χ1n) is 6.18. The first-order chi connectivity index (χ1) is 8.50. The summed E-state index contributed by atoms with van der Waals surface area (Å²) in [6, 6.07) is 1.80. The summed E-state index contributed by atoms with van der Waals surface area (Å²) in [6.45, 7) is 6.18. The molecule has 0 aliphatic carbocycles. The lowest BCUT2D eigenvalue weighted by molar-refractivity contribution is 0.0898. The van der Waals surface area contributed by atoms with Gasteiger partial charge in [-0.1, -0.05) is 13.8 Å². The minimum Gasteiger partial charge on any atom is -0.380 e. The van der Waals surface area contributed by atoms with E-state index in [4.69, 9.17) is 4.74 Å². The molecule has 0 radical (unpaired) electrons. The lowest BCUT2D eigenvalue weighted by atomic mass is 10.1. The molecule has 0 aliphatic rings. The number of ether oxygens (including phenoxy) is 1. The van der Waals surface area contributed by atoms with Crippen LogP contribution in [-0.2, 0) is 11.8 Å². The molecular formula is C13H21BrN2O2. The number of aromatic nitrogens is 1. The lowest BCUT2D eigenvalue weighted by Crippen LogP contribution is -2.28. The van der Waals surface area contributed by atoms with Crippen LogP contribution in [0.4, 0.5) is 0 Å². The molecule has 5 heteroatoms. The molecule has 0 spiro atoms. The number of hydrogen-bond donors (Lipinski definition) is 1. The van der Waals surface area contributed by atoms with Crippen molar-refractivity contribution in [2.75, 3.05) is 19.8 Å². The molecule has 0 unspecified atom stereocenters. The Morgan fingerprint density at radius 2 is 2.22 bits per heavy atom. The Morgan fingerprint density at radius 1 is 1.50 bits per heavy atom. The Bertz CT molecular complexity index is 388. The molecule has 0 aliphatic heterocycles. The number of hydrogen-bond acceptors (Lipinski definition) is 2. The van der Waals surface area contributed by atoms with Gasteiger partial charge in [0, 0.05) is 30.9 Å². The van der Waals surface area contributed by atoms with Gasteiger partial charge < -0.3 is 14.6 Å². The van der Waals surface area contributed by atoms with Crippen LogP contribution in [0.25, 0.3) is 0 Å². The molecule has 1 N–H and O–H groups in total. The fourth-order valence-corrected chi connectivity index (χ4v) is 2.02. The van der Waals surface area contributed by atoms with Crippen LogP contribution in [0.3, 0.4) is 0 Å². The van der Waals surface area contributed by atoms with Crippen molar-refractivity contribution in [1.29, 1.82) is 0 Å². The smallest absolute Gasteiger partial charge is 0.268 e. The quantitative estimate of drug-likeness (QED) is 0.786. The van der Waals surface area contributed by atoms with Crippen molar-refractivity contribution < 1.29 is 9.53 Å². The maximum Gasteiger partial charge on any atom is 0.268 e. The lowest BCUT2D eigenvalue weighted by Gasteiger charge is -2.08. The summed E-state index contributed by atoms with van der Waals surface area (Å²) in [4.78, 5) is 11.8. The number of aryl methyl sites for hydroxylation is 1.